The molecule has 0 aromatic carbocycles. The first-order valence-electron chi connectivity index (χ1n) is 9.59. The van der Waals surface area contributed by atoms with Gasteiger partial charge in [0.1, 0.15) is 6.04 Å². The number of hydrogen-bond donors (Lipinski definition) is 1. The number of nitrogens with zero attached hydrogens (tertiary/aromatic N) is 3. The Kier molecular flexibility index (Phi) is 3.99. The lowest BCUT2D eigenvalue weighted by Gasteiger charge is -2.62. The summed E-state index contributed by atoms with van der Waals surface area (Å²) < 4.78 is 70.7. The highest BCUT2D eigenvalue weighted by Crippen LogP contribution is 2.52. The van der Waals surface area contributed by atoms with Crippen LogP contribution in [0, 0.1) is 16.7 Å². The van der Waals surface area contributed by atoms with Gasteiger partial charge in [-0.1, -0.05) is 0 Å². The Morgan fingerprint density at radius 1 is 1.18 bits per heavy atom. The van der Waals surface area contributed by atoms with Gasteiger partial charge in [0.25, 0.3) is 10.0 Å². The summed E-state index contributed by atoms with van der Waals surface area (Å²) in [6.45, 7) is 5.37. The van der Waals surface area contributed by atoms with Crippen molar-refractivity contribution in [2.45, 2.75) is 25.1 Å². The molecule has 0 bridgehead atoms. The van der Waals surface area contributed by atoms with E-state index in [1.807, 2.05) is 0 Å². The topological polar surface area (TPSA) is 65.1 Å². The average molecular weight is 422 g/mol. The van der Waals surface area contributed by atoms with Gasteiger partial charge in [-0.25, -0.2) is 13.8 Å². The van der Waals surface area contributed by atoms with Crippen LogP contribution in [-0.4, -0.2) is 87.8 Å². The van der Waals surface area contributed by atoms with E-state index < -0.39 is 22.2 Å². The standard InChI is InChI=1S/C17H25F3N4O3S/c1-22-14(2-13(21-22)17(18,19)20)28(25,26)24-8-16(9-24)6-23(7-16)5-12-3-15(4-12)10-27-11-15/h2,12-13,21H,3-11H2,1H3. The predicted molar refractivity (Wildman–Crippen MR) is 94.2 cm³/mol. The quantitative estimate of drug-likeness (QED) is 0.715. The smallest absolute Gasteiger partial charge is 0.380 e. The Morgan fingerprint density at radius 3 is 2.32 bits per heavy atom. The molecule has 2 spiro atoms. The number of nitrogens with one attached hydrogen (secondary N) is 1. The zero-order chi connectivity index (χ0) is 19.9. The van der Waals surface area contributed by atoms with Gasteiger partial charge in [-0.15, -0.1) is 0 Å². The number of halogens is 3. The Morgan fingerprint density at radius 2 is 1.82 bits per heavy atom. The lowest BCUT2D eigenvalue weighted by molar-refractivity contribution is -0.188. The molecular weight excluding hydrogens is 397 g/mol. The normalized spacial score (nSPS) is 32.6. The molecule has 0 radical (unpaired) electrons. The van der Waals surface area contributed by atoms with Crippen molar-refractivity contribution in [2.75, 3.05) is 53.0 Å². The summed E-state index contributed by atoms with van der Waals surface area (Å²) >= 11 is 0. The van der Waals surface area contributed by atoms with Crippen LogP contribution in [0.15, 0.2) is 11.1 Å². The van der Waals surface area contributed by atoms with Crippen molar-refractivity contribution in [3.8, 4) is 0 Å². The Bertz CT molecular complexity index is 789. The van der Waals surface area contributed by atoms with Crippen LogP contribution >= 0.6 is 0 Å². The van der Waals surface area contributed by atoms with Crippen LogP contribution in [0.3, 0.4) is 0 Å². The number of hydrogen-bond acceptors (Lipinski definition) is 6. The predicted octanol–water partition coefficient (Wildman–Crippen LogP) is 0.583. The van der Waals surface area contributed by atoms with Gasteiger partial charge in [0.05, 0.1) is 13.2 Å². The molecule has 0 aromatic heterocycles. The SMILES string of the molecule is CN1NC(C(F)(F)F)C=C1S(=O)(=O)N1CC2(CN(CC3CC4(COC4)C3)C2)C1. The van der Waals surface area contributed by atoms with E-state index in [0.29, 0.717) is 24.4 Å². The summed E-state index contributed by atoms with van der Waals surface area (Å²) in [6.07, 6.45) is -1.32. The van der Waals surface area contributed by atoms with Crippen molar-refractivity contribution >= 4 is 10.0 Å². The molecule has 4 heterocycles. The van der Waals surface area contributed by atoms with Gasteiger partial charge in [0.2, 0.25) is 0 Å². The molecule has 158 valence electrons. The summed E-state index contributed by atoms with van der Waals surface area (Å²) in [4.78, 5) is 2.38. The van der Waals surface area contributed by atoms with Crippen molar-refractivity contribution in [3.05, 3.63) is 11.1 Å². The van der Waals surface area contributed by atoms with Crippen molar-refractivity contribution in [1.82, 2.24) is 19.6 Å². The molecular formula is C17H25F3N4O3S. The average Bonchev–Trinajstić information content (AvgIpc) is 2.82. The number of likely N-dealkylation sites (tertiary alicyclic amines) is 1. The molecule has 3 saturated heterocycles. The third-order valence-corrected chi connectivity index (χ3v) is 8.72. The summed E-state index contributed by atoms with van der Waals surface area (Å²) in [6, 6.07) is -1.97. The van der Waals surface area contributed by atoms with E-state index in [-0.39, 0.29) is 10.4 Å². The molecule has 1 N–H and O–H groups in total. The highest BCUT2D eigenvalue weighted by atomic mass is 32.2. The third kappa shape index (κ3) is 2.89. The number of rotatable bonds is 4. The molecule has 0 aromatic rings. The fourth-order valence-electron chi connectivity index (χ4n) is 5.51. The second kappa shape index (κ2) is 5.84. The molecule has 5 rings (SSSR count). The van der Waals surface area contributed by atoms with Crippen molar-refractivity contribution in [3.63, 3.8) is 0 Å². The van der Waals surface area contributed by atoms with Crippen molar-refractivity contribution < 1.29 is 26.3 Å². The minimum absolute atomic E-state index is 0.0251. The molecule has 7 nitrogen and oxygen atoms in total. The van der Waals surface area contributed by atoms with E-state index in [1.54, 1.807) is 0 Å². The maximum atomic E-state index is 12.9. The molecule has 1 aliphatic carbocycles. The van der Waals surface area contributed by atoms with Crippen LogP contribution in [0.2, 0.25) is 0 Å². The van der Waals surface area contributed by atoms with Crippen LogP contribution in [0.25, 0.3) is 0 Å². The van der Waals surface area contributed by atoms with Crippen molar-refractivity contribution in [1.29, 1.82) is 0 Å². The van der Waals surface area contributed by atoms with E-state index >= 15 is 0 Å². The van der Waals surface area contributed by atoms with Gasteiger partial charge < -0.3 is 9.64 Å². The van der Waals surface area contributed by atoms with Crippen LogP contribution in [0.4, 0.5) is 13.2 Å². The lowest BCUT2D eigenvalue weighted by Crippen LogP contribution is -2.73. The maximum absolute atomic E-state index is 12.9. The van der Waals surface area contributed by atoms with Gasteiger partial charge in [0.15, 0.2) is 5.03 Å². The van der Waals surface area contributed by atoms with Crippen molar-refractivity contribution in [2.24, 2.45) is 16.7 Å². The number of sulfonamides is 1. The van der Waals surface area contributed by atoms with Gasteiger partial charge in [0, 0.05) is 50.6 Å². The highest BCUT2D eigenvalue weighted by molar-refractivity contribution is 7.93. The minimum Gasteiger partial charge on any atom is -0.380 e. The Labute approximate surface area is 162 Å². The first-order chi connectivity index (χ1) is 13.0. The summed E-state index contributed by atoms with van der Waals surface area (Å²) in [5, 5.41) is 0.644. The van der Waals surface area contributed by atoms with Crippen LogP contribution < -0.4 is 5.43 Å². The molecule has 4 fully saturated rings. The fourth-order valence-corrected chi connectivity index (χ4v) is 7.37. The molecule has 0 amide bonds. The van der Waals surface area contributed by atoms with Gasteiger partial charge in [-0.3, -0.25) is 5.01 Å². The van der Waals surface area contributed by atoms with Crippen LogP contribution in [0.1, 0.15) is 12.8 Å². The molecule has 28 heavy (non-hydrogen) atoms. The van der Waals surface area contributed by atoms with Crippen LogP contribution in [-0.2, 0) is 14.8 Å². The third-order valence-electron chi connectivity index (χ3n) is 6.85. The molecule has 1 saturated carbocycles. The monoisotopic (exact) mass is 422 g/mol. The number of ether oxygens (including phenoxy) is 1. The van der Waals surface area contributed by atoms with E-state index in [4.69, 9.17) is 4.74 Å². The van der Waals surface area contributed by atoms with E-state index in [0.717, 1.165) is 43.9 Å². The summed E-state index contributed by atoms with van der Waals surface area (Å²) in [5.74, 6) is 0.712. The number of alkyl halides is 3. The maximum Gasteiger partial charge on any atom is 0.409 e. The fraction of sp³-hybridized carbons (Fsp3) is 0.882. The molecule has 5 aliphatic rings. The molecule has 4 aliphatic heterocycles. The second-order valence-corrected chi connectivity index (χ2v) is 11.3. The summed E-state index contributed by atoms with van der Waals surface area (Å²) in [7, 11) is -2.61. The van der Waals surface area contributed by atoms with Crippen LogP contribution in [0.5, 0.6) is 0 Å². The zero-order valence-corrected chi connectivity index (χ0v) is 16.5. The molecule has 11 heteroatoms. The second-order valence-electron chi connectivity index (χ2n) is 9.42. The lowest BCUT2D eigenvalue weighted by atomic mass is 9.60. The Hall–Kier alpha value is -0.880. The van der Waals surface area contributed by atoms with Gasteiger partial charge >= 0.3 is 6.18 Å². The Balaban J connectivity index is 1.13. The minimum atomic E-state index is -4.53. The number of hydrazine groups is 1. The van der Waals surface area contributed by atoms with Gasteiger partial charge in [-0.05, 0) is 24.8 Å². The summed E-state index contributed by atoms with van der Waals surface area (Å²) in [5.41, 5.74) is 2.58. The van der Waals surface area contributed by atoms with Gasteiger partial charge in [-0.2, -0.15) is 17.5 Å². The van der Waals surface area contributed by atoms with E-state index in [1.165, 1.54) is 24.2 Å². The first-order valence-corrected chi connectivity index (χ1v) is 11.0. The van der Waals surface area contributed by atoms with E-state index in [9.17, 15) is 21.6 Å². The highest BCUT2D eigenvalue weighted by Gasteiger charge is 2.58. The largest absolute Gasteiger partial charge is 0.409 e. The first kappa shape index (κ1) is 19.1. The molecule has 1 atom stereocenters. The molecule has 1 unspecified atom stereocenters. The zero-order valence-electron chi connectivity index (χ0n) is 15.7. The van der Waals surface area contributed by atoms with E-state index in [2.05, 4.69) is 10.3 Å².